The molecule has 5 nitrogen and oxygen atoms in total. The molecule has 1 amide bonds. The highest BCUT2D eigenvalue weighted by Crippen LogP contribution is 2.28. The maximum absolute atomic E-state index is 13.5. The first-order chi connectivity index (χ1) is 15.1. The Hall–Kier alpha value is -2.54. The van der Waals surface area contributed by atoms with Crippen LogP contribution in [0.2, 0.25) is 10.0 Å². The number of sulfonamides is 1. The Morgan fingerprint density at radius 3 is 2.22 bits per heavy atom. The van der Waals surface area contributed by atoms with Gasteiger partial charge in [0.2, 0.25) is 5.91 Å². The number of benzene rings is 3. The molecule has 0 bridgehead atoms. The Morgan fingerprint density at radius 2 is 1.56 bits per heavy atom. The zero-order valence-electron chi connectivity index (χ0n) is 18.0. The minimum Gasteiger partial charge on any atom is -0.350 e. The molecule has 0 atom stereocenters. The number of amides is 1. The van der Waals surface area contributed by atoms with Gasteiger partial charge >= 0.3 is 0 Å². The van der Waals surface area contributed by atoms with Gasteiger partial charge in [0.15, 0.2) is 0 Å². The summed E-state index contributed by atoms with van der Waals surface area (Å²) in [5.41, 5.74) is 3.73. The lowest BCUT2D eigenvalue weighted by atomic mass is 10.1. The van der Waals surface area contributed by atoms with Gasteiger partial charge in [-0.1, -0.05) is 59.1 Å². The molecule has 32 heavy (non-hydrogen) atoms. The van der Waals surface area contributed by atoms with E-state index in [1.807, 2.05) is 32.9 Å². The number of aryl methyl sites for hydroxylation is 3. The van der Waals surface area contributed by atoms with Gasteiger partial charge in [0.05, 0.1) is 10.6 Å². The second kappa shape index (κ2) is 9.94. The van der Waals surface area contributed by atoms with Crippen LogP contribution in [0, 0.1) is 20.8 Å². The van der Waals surface area contributed by atoms with E-state index in [1.165, 1.54) is 0 Å². The van der Waals surface area contributed by atoms with Crippen molar-refractivity contribution in [2.45, 2.75) is 32.2 Å². The van der Waals surface area contributed by atoms with Crippen LogP contribution in [-0.4, -0.2) is 20.9 Å². The third kappa shape index (κ3) is 5.63. The smallest absolute Gasteiger partial charge is 0.264 e. The molecule has 0 aliphatic heterocycles. The predicted octanol–water partition coefficient (Wildman–Crippen LogP) is 5.43. The van der Waals surface area contributed by atoms with Gasteiger partial charge < -0.3 is 5.32 Å². The summed E-state index contributed by atoms with van der Waals surface area (Å²) in [7, 11) is -3.97. The number of carbonyl (C=O) groups excluding carboxylic acids is 1. The summed E-state index contributed by atoms with van der Waals surface area (Å²) in [5.74, 6) is -0.451. The summed E-state index contributed by atoms with van der Waals surface area (Å²) in [4.78, 5) is 12.9. The van der Waals surface area contributed by atoms with Gasteiger partial charge in [-0.15, -0.1) is 0 Å². The Kier molecular flexibility index (Phi) is 7.49. The Morgan fingerprint density at radius 1 is 0.906 bits per heavy atom. The summed E-state index contributed by atoms with van der Waals surface area (Å²) in [6.45, 7) is 5.36. The maximum atomic E-state index is 13.5. The van der Waals surface area contributed by atoms with Crippen LogP contribution in [0.25, 0.3) is 0 Å². The van der Waals surface area contributed by atoms with Crippen molar-refractivity contribution in [3.63, 3.8) is 0 Å². The molecule has 0 fully saturated rings. The van der Waals surface area contributed by atoms with E-state index in [2.05, 4.69) is 5.32 Å². The first kappa shape index (κ1) is 24.1. The summed E-state index contributed by atoms with van der Waals surface area (Å²) in [6, 6.07) is 17.1. The molecule has 0 heterocycles. The predicted molar refractivity (Wildman–Crippen MR) is 130 cm³/mol. The largest absolute Gasteiger partial charge is 0.350 e. The van der Waals surface area contributed by atoms with E-state index in [1.54, 1.807) is 48.5 Å². The molecule has 0 radical (unpaired) electrons. The molecule has 0 saturated heterocycles. The van der Waals surface area contributed by atoms with Crippen LogP contribution in [0.3, 0.4) is 0 Å². The monoisotopic (exact) mass is 490 g/mol. The minimum atomic E-state index is -3.97. The number of hydrogen-bond donors (Lipinski definition) is 1. The lowest BCUT2D eigenvalue weighted by Crippen LogP contribution is -2.41. The average Bonchev–Trinajstić information content (AvgIpc) is 2.73. The molecule has 0 aliphatic rings. The number of nitrogens with zero attached hydrogens (tertiary/aromatic N) is 1. The number of halogens is 2. The van der Waals surface area contributed by atoms with Crippen LogP contribution in [0.5, 0.6) is 0 Å². The van der Waals surface area contributed by atoms with Crippen LogP contribution in [0.15, 0.2) is 65.6 Å². The van der Waals surface area contributed by atoms with Crippen molar-refractivity contribution in [2.75, 3.05) is 10.8 Å². The molecule has 3 aromatic rings. The Bertz CT molecular complexity index is 1240. The average molecular weight is 491 g/mol. The molecule has 1 N–H and O–H groups in total. The SMILES string of the molecule is Cc1ccc(S(=O)(=O)N(CC(=O)NCc2ccc(Cl)cc2Cl)c2cc(C)ccc2C)cc1. The highest BCUT2D eigenvalue weighted by Gasteiger charge is 2.28. The quantitative estimate of drug-likeness (QED) is 0.479. The highest BCUT2D eigenvalue weighted by atomic mass is 35.5. The second-order valence-electron chi connectivity index (χ2n) is 7.63. The van der Waals surface area contributed by atoms with Crippen molar-refractivity contribution in [1.82, 2.24) is 5.32 Å². The van der Waals surface area contributed by atoms with E-state index < -0.39 is 15.9 Å². The molecule has 0 spiro atoms. The van der Waals surface area contributed by atoms with Gasteiger partial charge in [-0.05, 0) is 67.8 Å². The summed E-state index contributed by atoms with van der Waals surface area (Å²) in [5, 5.41) is 3.68. The van der Waals surface area contributed by atoms with E-state index in [9.17, 15) is 13.2 Å². The summed E-state index contributed by atoms with van der Waals surface area (Å²) >= 11 is 12.1. The lowest BCUT2D eigenvalue weighted by molar-refractivity contribution is -0.119. The highest BCUT2D eigenvalue weighted by molar-refractivity contribution is 7.92. The van der Waals surface area contributed by atoms with E-state index in [0.29, 0.717) is 21.3 Å². The molecule has 3 aromatic carbocycles. The van der Waals surface area contributed by atoms with Gasteiger partial charge in [-0.3, -0.25) is 9.10 Å². The van der Waals surface area contributed by atoms with Crippen molar-refractivity contribution in [3.05, 3.63) is 93.0 Å². The van der Waals surface area contributed by atoms with Crippen molar-refractivity contribution in [2.24, 2.45) is 0 Å². The number of carbonyl (C=O) groups is 1. The van der Waals surface area contributed by atoms with Gasteiger partial charge in [-0.2, -0.15) is 0 Å². The zero-order chi connectivity index (χ0) is 23.5. The van der Waals surface area contributed by atoms with Crippen LogP contribution < -0.4 is 9.62 Å². The lowest BCUT2D eigenvalue weighted by Gasteiger charge is -2.26. The third-order valence-electron chi connectivity index (χ3n) is 5.02. The fraction of sp³-hybridized carbons (Fsp3) is 0.208. The molecule has 0 aliphatic carbocycles. The third-order valence-corrected chi connectivity index (χ3v) is 7.38. The molecule has 8 heteroatoms. The maximum Gasteiger partial charge on any atom is 0.264 e. The molecular weight excluding hydrogens is 467 g/mol. The topological polar surface area (TPSA) is 66.5 Å². The number of anilines is 1. The zero-order valence-corrected chi connectivity index (χ0v) is 20.4. The van der Waals surface area contributed by atoms with Gasteiger partial charge in [0.25, 0.3) is 10.0 Å². The molecular formula is C24H24Cl2N2O3S. The van der Waals surface area contributed by atoms with E-state index in [-0.39, 0.29) is 18.0 Å². The summed E-state index contributed by atoms with van der Waals surface area (Å²) in [6.07, 6.45) is 0. The van der Waals surface area contributed by atoms with Crippen molar-refractivity contribution in [1.29, 1.82) is 0 Å². The minimum absolute atomic E-state index is 0.123. The standard InChI is InChI=1S/C24H24Cl2N2O3S/c1-16-5-10-21(11-6-16)32(30,31)28(23-12-17(2)4-7-18(23)3)15-24(29)27-14-19-8-9-20(25)13-22(19)26/h4-13H,14-15H2,1-3H3,(H,27,29). The van der Waals surface area contributed by atoms with Crippen LogP contribution >= 0.6 is 23.2 Å². The van der Waals surface area contributed by atoms with Gasteiger partial charge in [0, 0.05) is 16.6 Å². The van der Waals surface area contributed by atoms with Gasteiger partial charge in [-0.25, -0.2) is 8.42 Å². The van der Waals surface area contributed by atoms with Crippen molar-refractivity contribution >= 4 is 44.8 Å². The molecule has 0 unspecified atom stereocenters. The van der Waals surface area contributed by atoms with E-state index in [0.717, 1.165) is 21.0 Å². The summed E-state index contributed by atoms with van der Waals surface area (Å²) < 4.78 is 28.2. The second-order valence-corrected chi connectivity index (χ2v) is 10.3. The van der Waals surface area contributed by atoms with Crippen molar-refractivity contribution < 1.29 is 13.2 Å². The molecule has 3 rings (SSSR count). The van der Waals surface area contributed by atoms with Crippen LogP contribution in [0.1, 0.15) is 22.3 Å². The van der Waals surface area contributed by atoms with Gasteiger partial charge in [0.1, 0.15) is 6.54 Å². The van der Waals surface area contributed by atoms with Crippen molar-refractivity contribution in [3.8, 4) is 0 Å². The van der Waals surface area contributed by atoms with Crippen LogP contribution in [0.4, 0.5) is 5.69 Å². The number of nitrogens with one attached hydrogen (secondary N) is 1. The first-order valence-electron chi connectivity index (χ1n) is 9.95. The fourth-order valence-corrected chi connectivity index (χ4v) is 5.12. The van der Waals surface area contributed by atoms with Crippen LogP contribution in [-0.2, 0) is 21.4 Å². The van der Waals surface area contributed by atoms with E-state index in [4.69, 9.17) is 23.2 Å². The first-order valence-corrected chi connectivity index (χ1v) is 12.1. The Balaban J connectivity index is 1.91. The normalized spacial score (nSPS) is 11.3. The molecule has 168 valence electrons. The Labute approximate surface area is 199 Å². The molecule has 0 saturated carbocycles. The van der Waals surface area contributed by atoms with E-state index >= 15 is 0 Å². The number of hydrogen-bond acceptors (Lipinski definition) is 3. The molecule has 0 aromatic heterocycles. The fourth-order valence-electron chi connectivity index (χ4n) is 3.17. The number of rotatable bonds is 7.